The number of hydrogen-bond donors (Lipinski definition) is 1. The van der Waals surface area contributed by atoms with Gasteiger partial charge in [-0.1, -0.05) is 26.8 Å². The Balaban J connectivity index is 1.27. The van der Waals surface area contributed by atoms with E-state index in [1.54, 1.807) is 5.38 Å². The summed E-state index contributed by atoms with van der Waals surface area (Å²) < 4.78 is 5.72. The van der Waals surface area contributed by atoms with Crippen LogP contribution in [0, 0.1) is 13.8 Å². The van der Waals surface area contributed by atoms with Crippen molar-refractivity contribution >= 4 is 39.6 Å². The lowest BCUT2D eigenvalue weighted by Crippen LogP contribution is -2.40. The number of carbonyl (C=O) groups is 2. The third-order valence-electron chi connectivity index (χ3n) is 6.29. The number of carbonyl (C=O) groups excluding carboxylic acids is 2. The van der Waals surface area contributed by atoms with Gasteiger partial charge in [0.05, 0.1) is 10.7 Å². The molecule has 35 heavy (non-hydrogen) atoms. The molecule has 1 fully saturated rings. The summed E-state index contributed by atoms with van der Waals surface area (Å²) in [4.78, 5) is 36.3. The van der Waals surface area contributed by atoms with Crippen LogP contribution < -0.4 is 10.1 Å². The summed E-state index contributed by atoms with van der Waals surface area (Å²) in [7, 11) is 0. The first-order chi connectivity index (χ1) is 16.6. The van der Waals surface area contributed by atoms with Gasteiger partial charge < -0.3 is 9.64 Å². The molecule has 2 aromatic heterocycles. The molecule has 9 heteroatoms. The molecule has 0 saturated carbocycles. The van der Waals surface area contributed by atoms with Crippen molar-refractivity contribution in [2.45, 2.75) is 58.8 Å². The molecule has 3 heterocycles. The van der Waals surface area contributed by atoms with Crippen molar-refractivity contribution in [3.8, 4) is 5.75 Å². The lowest BCUT2D eigenvalue weighted by molar-refractivity contribution is -0.134. The van der Waals surface area contributed by atoms with Crippen molar-refractivity contribution in [1.82, 2.24) is 14.9 Å². The maximum Gasteiger partial charge on any atom is 0.276 e. The highest BCUT2D eigenvalue weighted by Crippen LogP contribution is 2.31. The fourth-order valence-corrected chi connectivity index (χ4v) is 5.74. The van der Waals surface area contributed by atoms with E-state index in [9.17, 15) is 9.59 Å². The first kappa shape index (κ1) is 25.3. The molecule has 0 bridgehead atoms. The second kappa shape index (κ2) is 10.5. The Kier molecular flexibility index (Phi) is 7.56. The van der Waals surface area contributed by atoms with Gasteiger partial charge in [-0.15, -0.1) is 22.7 Å². The highest BCUT2D eigenvalue weighted by molar-refractivity contribution is 7.14. The molecule has 1 aliphatic heterocycles. The summed E-state index contributed by atoms with van der Waals surface area (Å²) in [6, 6.07) is 5.86. The van der Waals surface area contributed by atoms with E-state index in [1.165, 1.54) is 28.2 Å². The van der Waals surface area contributed by atoms with Crippen LogP contribution in [0.25, 0.3) is 0 Å². The number of ether oxygens (including phenoxy) is 1. The van der Waals surface area contributed by atoms with Crippen LogP contribution in [0.2, 0.25) is 0 Å². The van der Waals surface area contributed by atoms with Crippen LogP contribution in [0.15, 0.2) is 29.0 Å². The maximum absolute atomic E-state index is 12.7. The zero-order valence-electron chi connectivity index (χ0n) is 20.9. The number of anilines is 1. The van der Waals surface area contributed by atoms with E-state index in [-0.39, 0.29) is 29.8 Å². The molecular weight excluding hydrogens is 480 g/mol. The lowest BCUT2D eigenvalue weighted by Gasteiger charge is -2.31. The summed E-state index contributed by atoms with van der Waals surface area (Å²) >= 11 is 2.93. The third kappa shape index (κ3) is 6.27. The largest absolute Gasteiger partial charge is 0.484 e. The summed E-state index contributed by atoms with van der Waals surface area (Å²) in [6.07, 6.45) is 1.65. The molecule has 0 spiro atoms. The van der Waals surface area contributed by atoms with E-state index < -0.39 is 0 Å². The van der Waals surface area contributed by atoms with Gasteiger partial charge in [-0.25, -0.2) is 9.97 Å². The molecule has 4 rings (SSSR count). The maximum atomic E-state index is 12.7. The average Bonchev–Trinajstić information content (AvgIpc) is 3.50. The predicted molar refractivity (Wildman–Crippen MR) is 141 cm³/mol. The van der Waals surface area contributed by atoms with Crippen molar-refractivity contribution in [2.75, 3.05) is 25.0 Å². The van der Waals surface area contributed by atoms with E-state index in [0.29, 0.717) is 23.9 Å². The summed E-state index contributed by atoms with van der Waals surface area (Å²) in [5, 5.41) is 8.18. The van der Waals surface area contributed by atoms with Crippen LogP contribution in [0.1, 0.15) is 71.8 Å². The molecule has 7 nitrogen and oxygen atoms in total. The van der Waals surface area contributed by atoms with Gasteiger partial charge >= 0.3 is 0 Å². The number of amides is 2. The van der Waals surface area contributed by atoms with E-state index in [0.717, 1.165) is 34.9 Å². The van der Waals surface area contributed by atoms with E-state index in [1.807, 2.05) is 35.4 Å². The average molecular weight is 513 g/mol. The van der Waals surface area contributed by atoms with Gasteiger partial charge in [0.25, 0.3) is 11.8 Å². The number of nitrogens with one attached hydrogen (secondary N) is 1. The molecular formula is C26H32N4O3S2. The molecule has 0 unspecified atom stereocenters. The van der Waals surface area contributed by atoms with Gasteiger partial charge in [-0.3, -0.25) is 14.9 Å². The summed E-state index contributed by atoms with van der Waals surface area (Å²) in [5.74, 6) is 0.730. The lowest BCUT2D eigenvalue weighted by atomic mass is 9.93. The van der Waals surface area contributed by atoms with Gasteiger partial charge in [0.1, 0.15) is 11.4 Å². The normalized spacial score (nSPS) is 14.7. The number of hydrogen-bond acceptors (Lipinski definition) is 7. The van der Waals surface area contributed by atoms with E-state index in [4.69, 9.17) is 4.74 Å². The minimum atomic E-state index is -0.238. The SMILES string of the molecule is Cc1ccc(OCC(=O)N2CCC(c3nc(C(=O)Nc4nc(C(C)(C)C)cs4)cs3)CC2)cc1C. The van der Waals surface area contributed by atoms with E-state index >= 15 is 0 Å². The first-order valence-electron chi connectivity index (χ1n) is 11.8. The Morgan fingerprint density at radius 3 is 2.49 bits per heavy atom. The minimum Gasteiger partial charge on any atom is -0.484 e. The topological polar surface area (TPSA) is 84.4 Å². The number of piperidine rings is 1. The molecule has 1 aliphatic rings. The monoisotopic (exact) mass is 512 g/mol. The fraction of sp³-hybridized carbons (Fsp3) is 0.462. The second-order valence-electron chi connectivity index (χ2n) is 10.0. The standard InChI is InChI=1S/C26H32N4O3S2/c1-16-6-7-19(12-17(16)2)33-13-22(31)30-10-8-18(9-11-30)24-27-20(14-34-24)23(32)29-25-28-21(15-35-25)26(3,4)5/h6-7,12,14-15,18H,8-11,13H2,1-5H3,(H,28,29,32). The van der Waals surface area contributed by atoms with Gasteiger partial charge in [-0.2, -0.15) is 0 Å². The van der Waals surface area contributed by atoms with Crippen molar-refractivity contribution in [3.63, 3.8) is 0 Å². The number of benzene rings is 1. The van der Waals surface area contributed by atoms with Crippen LogP contribution in [-0.2, 0) is 10.2 Å². The quantitative estimate of drug-likeness (QED) is 0.468. The van der Waals surface area contributed by atoms with Crippen LogP contribution >= 0.6 is 22.7 Å². The first-order valence-corrected chi connectivity index (χ1v) is 13.6. The smallest absolute Gasteiger partial charge is 0.276 e. The minimum absolute atomic E-state index is 0.000965. The summed E-state index contributed by atoms with van der Waals surface area (Å²) in [5.41, 5.74) is 3.66. The molecule has 1 N–H and O–H groups in total. The molecule has 0 atom stereocenters. The number of thiazole rings is 2. The highest BCUT2D eigenvalue weighted by atomic mass is 32.1. The van der Waals surface area contributed by atoms with Gasteiger partial charge in [0.2, 0.25) is 0 Å². The van der Waals surface area contributed by atoms with Crippen molar-refractivity contribution < 1.29 is 14.3 Å². The Labute approximate surface area is 214 Å². The van der Waals surface area contributed by atoms with Gasteiger partial charge in [0.15, 0.2) is 11.7 Å². The Bertz CT molecular complexity index is 1200. The van der Waals surface area contributed by atoms with Crippen molar-refractivity contribution in [2.24, 2.45) is 0 Å². The molecule has 0 radical (unpaired) electrons. The van der Waals surface area contributed by atoms with E-state index in [2.05, 4.69) is 43.0 Å². The molecule has 186 valence electrons. The Morgan fingerprint density at radius 2 is 1.83 bits per heavy atom. The highest BCUT2D eigenvalue weighted by Gasteiger charge is 2.27. The molecule has 0 aliphatic carbocycles. The van der Waals surface area contributed by atoms with Crippen molar-refractivity contribution in [3.05, 3.63) is 56.5 Å². The Hall–Kier alpha value is -2.78. The van der Waals surface area contributed by atoms with Crippen LogP contribution in [-0.4, -0.2) is 46.4 Å². The predicted octanol–water partition coefficient (Wildman–Crippen LogP) is 5.55. The number of likely N-dealkylation sites (tertiary alicyclic amines) is 1. The number of aromatic nitrogens is 2. The molecule has 1 saturated heterocycles. The molecule has 1 aromatic carbocycles. The fourth-order valence-electron chi connectivity index (χ4n) is 3.83. The van der Waals surface area contributed by atoms with Crippen molar-refractivity contribution in [1.29, 1.82) is 0 Å². The van der Waals surface area contributed by atoms with Gasteiger partial charge in [-0.05, 0) is 49.9 Å². The zero-order chi connectivity index (χ0) is 25.2. The zero-order valence-corrected chi connectivity index (χ0v) is 22.5. The Morgan fingerprint density at radius 1 is 1.09 bits per heavy atom. The van der Waals surface area contributed by atoms with Crippen LogP contribution in [0.4, 0.5) is 5.13 Å². The van der Waals surface area contributed by atoms with Crippen LogP contribution in [0.3, 0.4) is 0 Å². The number of nitrogens with zero attached hydrogens (tertiary/aromatic N) is 3. The number of aryl methyl sites for hydroxylation is 2. The molecule has 2 amide bonds. The van der Waals surface area contributed by atoms with Crippen LogP contribution in [0.5, 0.6) is 5.75 Å². The number of rotatable bonds is 6. The summed E-state index contributed by atoms with van der Waals surface area (Å²) in [6.45, 7) is 11.7. The third-order valence-corrected chi connectivity index (χ3v) is 8.05. The second-order valence-corrected chi connectivity index (χ2v) is 11.8. The van der Waals surface area contributed by atoms with Gasteiger partial charge in [0, 0.05) is 35.2 Å². The molecule has 3 aromatic rings.